The summed E-state index contributed by atoms with van der Waals surface area (Å²) >= 11 is 0. The number of nitrogens with zero attached hydrogens (tertiary/aromatic N) is 2. The molecule has 10 heteroatoms. The van der Waals surface area contributed by atoms with Crippen LogP contribution in [0.25, 0.3) is 22.5 Å². The van der Waals surface area contributed by atoms with Gasteiger partial charge in [-0.25, -0.2) is 8.78 Å². The Morgan fingerprint density at radius 2 is 1.92 bits per heavy atom. The van der Waals surface area contributed by atoms with Crippen molar-refractivity contribution in [2.75, 3.05) is 19.8 Å². The lowest BCUT2D eigenvalue weighted by molar-refractivity contribution is -0.0464. The first-order chi connectivity index (χ1) is 18.0. The molecule has 1 aliphatic rings. The van der Waals surface area contributed by atoms with Crippen molar-refractivity contribution < 1.29 is 28.2 Å². The van der Waals surface area contributed by atoms with Gasteiger partial charge in [-0.3, -0.25) is 14.9 Å². The molecule has 4 aromatic rings. The third-order valence-electron chi connectivity index (χ3n) is 6.01. The van der Waals surface area contributed by atoms with Gasteiger partial charge in [-0.15, -0.1) is 0 Å². The molecule has 190 valence electrons. The zero-order chi connectivity index (χ0) is 25.8. The molecule has 1 fully saturated rings. The van der Waals surface area contributed by atoms with Gasteiger partial charge in [0.25, 0.3) is 5.91 Å². The Morgan fingerprint density at radius 1 is 1.08 bits per heavy atom. The fraction of sp³-hybridized carbons (Fsp3) is 0.222. The van der Waals surface area contributed by atoms with Crippen LogP contribution >= 0.6 is 0 Å². The topological polar surface area (TPSA) is 109 Å². The van der Waals surface area contributed by atoms with Gasteiger partial charge in [0.2, 0.25) is 0 Å². The number of amides is 1. The molecule has 1 unspecified atom stereocenters. The lowest BCUT2D eigenvalue weighted by Crippen LogP contribution is -2.39. The molecule has 0 aliphatic carbocycles. The summed E-state index contributed by atoms with van der Waals surface area (Å²) in [6.07, 6.45) is 1.14. The predicted octanol–water partition coefficient (Wildman–Crippen LogP) is 3.80. The summed E-state index contributed by atoms with van der Waals surface area (Å²) < 4.78 is 40.2. The first kappa shape index (κ1) is 24.7. The molecule has 2 aromatic carbocycles. The Kier molecular flexibility index (Phi) is 7.31. The van der Waals surface area contributed by atoms with E-state index in [1.807, 2.05) is 6.07 Å². The number of aromatic amines is 1. The molecule has 8 nitrogen and oxygen atoms in total. The van der Waals surface area contributed by atoms with Crippen molar-refractivity contribution in [3.63, 3.8) is 0 Å². The van der Waals surface area contributed by atoms with E-state index in [9.17, 15) is 14.3 Å². The number of rotatable bonds is 8. The van der Waals surface area contributed by atoms with Crippen molar-refractivity contribution >= 4 is 5.91 Å². The summed E-state index contributed by atoms with van der Waals surface area (Å²) in [6.45, 7) is 0.429. The van der Waals surface area contributed by atoms with Gasteiger partial charge in [-0.2, -0.15) is 5.10 Å². The number of aliphatic hydroxyl groups is 1. The number of hydrogen-bond donors (Lipinski definition) is 3. The van der Waals surface area contributed by atoms with Crippen LogP contribution in [0, 0.1) is 11.6 Å². The second kappa shape index (κ2) is 11.0. The summed E-state index contributed by atoms with van der Waals surface area (Å²) in [5.41, 5.74) is 2.30. The normalized spacial score (nSPS) is 14.6. The van der Waals surface area contributed by atoms with Gasteiger partial charge in [0.05, 0.1) is 42.8 Å². The van der Waals surface area contributed by atoms with Crippen LogP contribution in [0.1, 0.15) is 27.9 Å². The average Bonchev–Trinajstić information content (AvgIpc) is 3.62. The van der Waals surface area contributed by atoms with Crippen LogP contribution in [0.2, 0.25) is 0 Å². The lowest BCUT2D eigenvalue weighted by Gasteiger charge is -2.17. The van der Waals surface area contributed by atoms with Crippen molar-refractivity contribution in [3.05, 3.63) is 95.3 Å². The van der Waals surface area contributed by atoms with Crippen LogP contribution < -0.4 is 5.32 Å². The van der Waals surface area contributed by atoms with Gasteiger partial charge in [0, 0.05) is 35.0 Å². The summed E-state index contributed by atoms with van der Waals surface area (Å²) in [5.74, 6) is -1.65. The monoisotopic (exact) mass is 506 g/mol. The Morgan fingerprint density at radius 3 is 2.68 bits per heavy atom. The number of pyridine rings is 1. The third-order valence-corrected chi connectivity index (χ3v) is 6.01. The number of hydrogen-bond acceptors (Lipinski definition) is 6. The second-order valence-electron chi connectivity index (χ2n) is 8.52. The number of ether oxygens (including phenoxy) is 2. The van der Waals surface area contributed by atoms with E-state index in [0.717, 1.165) is 0 Å². The smallest absolute Gasteiger partial charge is 0.252 e. The van der Waals surface area contributed by atoms with Crippen LogP contribution in [-0.2, 0) is 15.9 Å². The molecule has 1 atom stereocenters. The number of carbonyl (C=O) groups is 1. The van der Waals surface area contributed by atoms with Crippen molar-refractivity contribution in [1.82, 2.24) is 20.5 Å². The minimum Gasteiger partial charge on any atom is -0.394 e. The first-order valence-electron chi connectivity index (χ1n) is 11.7. The minimum absolute atomic E-state index is 0.0260. The fourth-order valence-corrected chi connectivity index (χ4v) is 4.20. The summed E-state index contributed by atoms with van der Waals surface area (Å²) in [7, 11) is 0. The maximum atomic E-state index is 15.0. The molecule has 1 amide bonds. The highest BCUT2D eigenvalue weighted by atomic mass is 19.1. The highest BCUT2D eigenvalue weighted by Gasteiger charge is 2.24. The molecule has 1 saturated heterocycles. The number of carbonyl (C=O) groups excluding carboxylic acids is 1. The van der Waals surface area contributed by atoms with Crippen molar-refractivity contribution in [3.8, 4) is 22.5 Å². The maximum absolute atomic E-state index is 15.0. The minimum atomic E-state index is -0.800. The van der Waals surface area contributed by atoms with E-state index in [-0.39, 0.29) is 29.0 Å². The largest absolute Gasteiger partial charge is 0.394 e. The summed E-state index contributed by atoms with van der Waals surface area (Å²) in [5, 5.41) is 19.6. The van der Waals surface area contributed by atoms with Gasteiger partial charge in [-0.1, -0.05) is 12.1 Å². The van der Waals surface area contributed by atoms with Crippen LogP contribution in [0.15, 0.2) is 66.9 Å². The van der Waals surface area contributed by atoms with Gasteiger partial charge in [0.15, 0.2) is 6.29 Å². The van der Waals surface area contributed by atoms with E-state index in [0.29, 0.717) is 36.6 Å². The van der Waals surface area contributed by atoms with Crippen LogP contribution in [-0.4, -0.2) is 52.1 Å². The Bertz CT molecular complexity index is 1390. The second-order valence-corrected chi connectivity index (χ2v) is 8.52. The molecule has 3 heterocycles. The van der Waals surface area contributed by atoms with Crippen molar-refractivity contribution in [2.24, 2.45) is 0 Å². The standard InChI is InChI=1S/C27H24F2N4O4/c28-21-8-7-16(12-20(21)27-36-10-11-37-27)23-14-24(33-32-23)25-19(5-3-6-22(25)29)26(35)31-18(15-34)13-17-4-1-2-9-30-17/h1-9,12,14,18,27,34H,10-11,13,15H2,(H,31,35)(H,32,33). The molecule has 0 radical (unpaired) electrons. The quantitative estimate of drug-likeness (QED) is 0.336. The molecule has 0 saturated carbocycles. The molecule has 37 heavy (non-hydrogen) atoms. The lowest BCUT2D eigenvalue weighted by atomic mass is 10.0. The Balaban J connectivity index is 1.41. The molecule has 0 spiro atoms. The van der Waals surface area contributed by atoms with Crippen LogP contribution in [0.3, 0.4) is 0 Å². The molecule has 1 aliphatic heterocycles. The molecule has 3 N–H and O–H groups in total. The fourth-order valence-electron chi connectivity index (χ4n) is 4.20. The number of H-pyrrole nitrogens is 1. The first-order valence-corrected chi connectivity index (χ1v) is 11.7. The zero-order valence-electron chi connectivity index (χ0n) is 19.7. The maximum Gasteiger partial charge on any atom is 0.252 e. The van der Waals surface area contributed by atoms with Crippen molar-refractivity contribution in [2.45, 2.75) is 18.8 Å². The van der Waals surface area contributed by atoms with E-state index in [4.69, 9.17) is 9.47 Å². The SMILES string of the molecule is O=C(NC(CO)Cc1ccccn1)c1cccc(F)c1-c1cc(-c2ccc(F)c(C3OCCO3)c2)n[nH]1. The number of nitrogens with one attached hydrogen (secondary N) is 2. The predicted molar refractivity (Wildman–Crippen MR) is 130 cm³/mol. The molecule has 2 aromatic heterocycles. The van der Waals surface area contributed by atoms with Crippen LogP contribution in [0.5, 0.6) is 0 Å². The molecular weight excluding hydrogens is 482 g/mol. The highest BCUT2D eigenvalue weighted by molar-refractivity contribution is 6.01. The van der Waals surface area contributed by atoms with Gasteiger partial charge < -0.3 is 19.9 Å². The van der Waals surface area contributed by atoms with E-state index in [1.165, 1.54) is 24.3 Å². The molecular formula is C27H24F2N4O4. The molecule has 0 bridgehead atoms. The van der Waals surface area contributed by atoms with Crippen LogP contribution in [0.4, 0.5) is 8.78 Å². The number of benzene rings is 2. The van der Waals surface area contributed by atoms with Gasteiger partial charge in [0.1, 0.15) is 11.6 Å². The van der Waals surface area contributed by atoms with E-state index >= 15 is 4.39 Å². The van der Waals surface area contributed by atoms with E-state index in [1.54, 1.807) is 36.5 Å². The molecule has 5 rings (SSSR count). The number of halogens is 2. The van der Waals surface area contributed by atoms with Crippen molar-refractivity contribution in [1.29, 1.82) is 0 Å². The van der Waals surface area contributed by atoms with E-state index < -0.39 is 29.9 Å². The van der Waals surface area contributed by atoms with Gasteiger partial charge in [-0.05, 0) is 48.5 Å². The third kappa shape index (κ3) is 5.41. The van der Waals surface area contributed by atoms with E-state index in [2.05, 4.69) is 20.5 Å². The van der Waals surface area contributed by atoms with Gasteiger partial charge >= 0.3 is 0 Å². The number of aromatic nitrogens is 3. The summed E-state index contributed by atoms with van der Waals surface area (Å²) in [4.78, 5) is 17.4. The number of aliphatic hydroxyl groups excluding tert-OH is 1. The Labute approximate surface area is 211 Å². The zero-order valence-corrected chi connectivity index (χ0v) is 19.7. The average molecular weight is 507 g/mol. The summed E-state index contributed by atoms with van der Waals surface area (Å²) in [6, 6.07) is 14.9. The highest BCUT2D eigenvalue weighted by Crippen LogP contribution is 2.32. The Hall–Kier alpha value is -3.99.